The van der Waals surface area contributed by atoms with Gasteiger partial charge in [-0.2, -0.15) is 0 Å². The summed E-state index contributed by atoms with van der Waals surface area (Å²) in [6, 6.07) is 12.1. The average molecular weight is 456 g/mol. The number of nitrogens with one attached hydrogen (secondary N) is 2. The molecule has 3 N–H and O–H groups in total. The number of aromatic hydroxyl groups is 1. The SMILES string of the molecule is CCOC(=O)CC(NC(=O)Nc1c(O)c(C)cn(C)c1=O)c1ccc(-c2ccccc2)s1. The van der Waals surface area contributed by atoms with E-state index in [1.807, 2.05) is 42.5 Å². The summed E-state index contributed by atoms with van der Waals surface area (Å²) < 4.78 is 6.33. The molecule has 168 valence electrons. The molecule has 0 aliphatic rings. The number of aryl methyl sites for hydroxylation is 2. The van der Waals surface area contributed by atoms with Crippen LogP contribution in [-0.4, -0.2) is 28.3 Å². The highest BCUT2D eigenvalue weighted by molar-refractivity contribution is 7.15. The third-order valence-corrected chi connectivity index (χ3v) is 6.03. The molecule has 0 radical (unpaired) electrons. The molecule has 32 heavy (non-hydrogen) atoms. The van der Waals surface area contributed by atoms with Crippen molar-refractivity contribution in [1.82, 2.24) is 9.88 Å². The fraction of sp³-hybridized carbons (Fsp3) is 0.261. The van der Waals surface area contributed by atoms with Crippen molar-refractivity contribution in [2.24, 2.45) is 7.05 Å². The van der Waals surface area contributed by atoms with Gasteiger partial charge in [0.1, 0.15) is 5.75 Å². The first-order chi connectivity index (χ1) is 15.3. The molecule has 0 spiro atoms. The van der Waals surface area contributed by atoms with E-state index in [0.717, 1.165) is 15.3 Å². The van der Waals surface area contributed by atoms with E-state index in [1.165, 1.54) is 29.1 Å². The number of benzene rings is 1. The highest BCUT2D eigenvalue weighted by Crippen LogP contribution is 2.33. The van der Waals surface area contributed by atoms with Crippen LogP contribution in [0.4, 0.5) is 10.5 Å². The number of amides is 2. The van der Waals surface area contributed by atoms with Gasteiger partial charge in [-0.1, -0.05) is 30.3 Å². The van der Waals surface area contributed by atoms with Gasteiger partial charge < -0.3 is 25.0 Å². The number of urea groups is 1. The number of aromatic nitrogens is 1. The van der Waals surface area contributed by atoms with Gasteiger partial charge in [-0.05, 0) is 31.5 Å². The molecule has 1 unspecified atom stereocenters. The monoisotopic (exact) mass is 455 g/mol. The molecule has 0 saturated heterocycles. The maximum Gasteiger partial charge on any atom is 0.320 e. The summed E-state index contributed by atoms with van der Waals surface area (Å²) >= 11 is 1.45. The van der Waals surface area contributed by atoms with Gasteiger partial charge in [0.25, 0.3) is 5.56 Å². The average Bonchev–Trinajstić information content (AvgIpc) is 3.26. The van der Waals surface area contributed by atoms with Gasteiger partial charge in [-0.25, -0.2) is 4.79 Å². The van der Waals surface area contributed by atoms with Crippen LogP contribution in [0.2, 0.25) is 0 Å². The summed E-state index contributed by atoms with van der Waals surface area (Å²) in [5.41, 5.74) is 0.691. The summed E-state index contributed by atoms with van der Waals surface area (Å²) in [5, 5.41) is 15.4. The van der Waals surface area contributed by atoms with Gasteiger partial charge in [0.2, 0.25) is 0 Å². The van der Waals surface area contributed by atoms with Crippen molar-refractivity contribution in [3.05, 3.63) is 69.5 Å². The van der Waals surface area contributed by atoms with Crippen molar-refractivity contribution in [3.8, 4) is 16.2 Å². The molecule has 9 heteroatoms. The van der Waals surface area contributed by atoms with Gasteiger partial charge >= 0.3 is 12.0 Å². The number of esters is 1. The van der Waals surface area contributed by atoms with Gasteiger partial charge in [0, 0.05) is 28.6 Å². The second kappa shape index (κ2) is 10.1. The number of anilines is 1. The van der Waals surface area contributed by atoms with E-state index in [1.54, 1.807) is 13.8 Å². The predicted octanol–water partition coefficient (Wildman–Crippen LogP) is 3.94. The number of pyridine rings is 1. The molecule has 0 aliphatic heterocycles. The summed E-state index contributed by atoms with van der Waals surface area (Å²) in [5.74, 6) is -0.755. The van der Waals surface area contributed by atoms with Crippen LogP contribution in [-0.2, 0) is 16.6 Å². The summed E-state index contributed by atoms with van der Waals surface area (Å²) in [7, 11) is 1.53. The molecule has 0 aliphatic carbocycles. The number of thiophene rings is 1. The third-order valence-electron chi connectivity index (χ3n) is 4.78. The number of hydrogen-bond acceptors (Lipinski definition) is 6. The minimum absolute atomic E-state index is 0.0756. The Balaban J connectivity index is 1.84. The number of hydrogen-bond donors (Lipinski definition) is 3. The van der Waals surface area contributed by atoms with Crippen molar-refractivity contribution >= 4 is 29.0 Å². The van der Waals surface area contributed by atoms with Crippen molar-refractivity contribution in [2.45, 2.75) is 26.3 Å². The Morgan fingerprint density at radius 3 is 2.59 bits per heavy atom. The molecule has 3 aromatic rings. The lowest BCUT2D eigenvalue weighted by atomic mass is 10.1. The first-order valence-electron chi connectivity index (χ1n) is 10.1. The van der Waals surface area contributed by atoms with Crippen LogP contribution in [0, 0.1) is 6.92 Å². The molecule has 0 bridgehead atoms. The van der Waals surface area contributed by atoms with Crippen molar-refractivity contribution < 1.29 is 19.4 Å². The summed E-state index contributed by atoms with van der Waals surface area (Å²) in [6.45, 7) is 3.56. The quantitative estimate of drug-likeness (QED) is 0.468. The number of carbonyl (C=O) groups excluding carboxylic acids is 2. The summed E-state index contributed by atoms with van der Waals surface area (Å²) in [4.78, 5) is 39.0. The Hall–Kier alpha value is -3.59. The number of carbonyl (C=O) groups is 2. The zero-order valence-corrected chi connectivity index (χ0v) is 18.9. The zero-order valence-electron chi connectivity index (χ0n) is 18.0. The number of ether oxygens (including phenoxy) is 1. The van der Waals surface area contributed by atoms with Crippen LogP contribution in [0.15, 0.2) is 53.5 Å². The Labute approximate surface area is 189 Å². The minimum Gasteiger partial charge on any atom is -0.505 e. The molecule has 2 amide bonds. The van der Waals surface area contributed by atoms with Crippen LogP contribution in [0.1, 0.15) is 29.8 Å². The van der Waals surface area contributed by atoms with E-state index in [2.05, 4.69) is 10.6 Å². The largest absolute Gasteiger partial charge is 0.505 e. The number of rotatable bonds is 7. The first-order valence-corrected chi connectivity index (χ1v) is 10.9. The van der Waals surface area contributed by atoms with Gasteiger partial charge in [-0.15, -0.1) is 11.3 Å². The zero-order chi connectivity index (χ0) is 23.3. The van der Waals surface area contributed by atoms with Crippen molar-refractivity contribution in [2.75, 3.05) is 11.9 Å². The molecular weight excluding hydrogens is 430 g/mol. The van der Waals surface area contributed by atoms with Crippen LogP contribution in [0.5, 0.6) is 5.75 Å². The molecule has 1 atom stereocenters. The Bertz CT molecular complexity index is 1170. The van der Waals surface area contributed by atoms with Gasteiger partial charge in [0.15, 0.2) is 5.69 Å². The normalized spacial score (nSPS) is 11.6. The topological polar surface area (TPSA) is 110 Å². The predicted molar refractivity (Wildman–Crippen MR) is 124 cm³/mol. The second-order valence-electron chi connectivity index (χ2n) is 7.18. The fourth-order valence-electron chi connectivity index (χ4n) is 3.21. The first kappa shape index (κ1) is 23.1. The maximum absolute atomic E-state index is 12.7. The smallest absolute Gasteiger partial charge is 0.320 e. The maximum atomic E-state index is 12.7. The van der Waals surface area contributed by atoms with E-state index < -0.39 is 23.6 Å². The van der Waals surface area contributed by atoms with E-state index in [-0.39, 0.29) is 24.5 Å². The lowest BCUT2D eigenvalue weighted by Crippen LogP contribution is -2.36. The molecule has 2 aromatic heterocycles. The molecule has 2 heterocycles. The molecular formula is C23H25N3O5S. The lowest BCUT2D eigenvalue weighted by Gasteiger charge is -2.18. The van der Waals surface area contributed by atoms with Gasteiger partial charge in [0.05, 0.1) is 19.1 Å². The summed E-state index contributed by atoms with van der Waals surface area (Å²) in [6.07, 6.45) is 1.40. The Morgan fingerprint density at radius 1 is 1.19 bits per heavy atom. The number of nitrogens with zero attached hydrogens (tertiary/aromatic N) is 1. The highest BCUT2D eigenvalue weighted by atomic mass is 32.1. The molecule has 0 fully saturated rings. The van der Waals surface area contributed by atoms with Crippen molar-refractivity contribution in [3.63, 3.8) is 0 Å². The Morgan fingerprint density at radius 2 is 1.91 bits per heavy atom. The molecule has 0 saturated carbocycles. The lowest BCUT2D eigenvalue weighted by molar-refractivity contribution is -0.143. The highest BCUT2D eigenvalue weighted by Gasteiger charge is 2.23. The Kier molecular flexibility index (Phi) is 7.32. The second-order valence-corrected chi connectivity index (χ2v) is 8.30. The van der Waals surface area contributed by atoms with E-state index in [4.69, 9.17) is 4.74 Å². The van der Waals surface area contributed by atoms with E-state index >= 15 is 0 Å². The van der Waals surface area contributed by atoms with Crippen LogP contribution in [0.3, 0.4) is 0 Å². The molecule has 1 aromatic carbocycles. The molecule has 3 rings (SSSR count). The van der Waals surface area contributed by atoms with Crippen LogP contribution < -0.4 is 16.2 Å². The van der Waals surface area contributed by atoms with E-state index in [9.17, 15) is 19.5 Å². The third kappa shape index (κ3) is 5.36. The standard InChI is InChI=1S/C23H25N3O5S/c1-4-31-19(27)12-16(18-11-10-17(32-18)15-8-6-5-7-9-15)24-23(30)25-20-21(28)14(2)13-26(3)22(20)29/h5-11,13,16,28H,4,12H2,1-3H3,(H2,24,25,30). The van der Waals surface area contributed by atoms with Crippen LogP contribution >= 0.6 is 11.3 Å². The van der Waals surface area contributed by atoms with Gasteiger partial charge in [-0.3, -0.25) is 9.59 Å². The van der Waals surface area contributed by atoms with Crippen molar-refractivity contribution in [1.29, 1.82) is 0 Å². The molecule has 8 nitrogen and oxygen atoms in total. The minimum atomic E-state index is -0.716. The van der Waals surface area contributed by atoms with Crippen LogP contribution in [0.25, 0.3) is 10.4 Å². The van der Waals surface area contributed by atoms with E-state index in [0.29, 0.717) is 5.56 Å². The fourth-order valence-corrected chi connectivity index (χ4v) is 4.28.